The lowest BCUT2D eigenvalue weighted by molar-refractivity contribution is -0.154. The number of aliphatic hydroxyl groups is 1. The number of amides is 2. The quantitative estimate of drug-likeness (QED) is 0.512. The molecule has 4 aliphatic heterocycles. The van der Waals surface area contributed by atoms with Gasteiger partial charge in [-0.1, -0.05) is 42.5 Å². The third-order valence-electron chi connectivity index (χ3n) is 7.80. The Morgan fingerprint density at radius 2 is 1.83 bits per heavy atom. The summed E-state index contributed by atoms with van der Waals surface area (Å²) in [7, 11) is 0. The molecular weight excluding hydrogens is 464 g/mol. The zero-order valence-electron chi connectivity index (χ0n) is 20.4. The van der Waals surface area contributed by atoms with Crippen LogP contribution in [0.15, 0.2) is 42.5 Å². The zero-order valence-corrected chi connectivity index (χ0v) is 21.2. The average molecular weight is 497 g/mol. The molecule has 5 atom stereocenters. The van der Waals surface area contributed by atoms with Gasteiger partial charge in [-0.05, 0) is 44.7 Å². The number of para-hydroxylation sites is 1. The van der Waals surface area contributed by atoms with Gasteiger partial charge in [-0.25, -0.2) is 0 Å². The second-order valence-corrected chi connectivity index (χ2v) is 11.8. The van der Waals surface area contributed by atoms with E-state index in [2.05, 4.69) is 6.08 Å². The molecule has 8 heteroatoms. The van der Waals surface area contributed by atoms with Crippen LogP contribution in [-0.2, 0) is 19.1 Å². The molecule has 1 aromatic carbocycles. The number of aryl methyl sites for hydroxylation is 2. The number of ether oxygens (including phenoxy) is 1. The number of aliphatic hydroxyl groups excluding tert-OH is 1. The van der Waals surface area contributed by atoms with E-state index in [-0.39, 0.29) is 30.9 Å². The number of fused-ring (bicyclic) bond motifs is 2. The molecule has 4 heterocycles. The third kappa shape index (κ3) is 3.56. The molecule has 0 bridgehead atoms. The Morgan fingerprint density at radius 3 is 2.54 bits per heavy atom. The summed E-state index contributed by atoms with van der Waals surface area (Å²) < 4.78 is 3.99. The maximum Gasteiger partial charge on any atom is 0.311 e. The van der Waals surface area contributed by atoms with E-state index in [1.807, 2.05) is 57.2 Å². The Balaban J connectivity index is 1.67. The van der Waals surface area contributed by atoms with Gasteiger partial charge in [0.25, 0.3) is 5.91 Å². The molecule has 5 rings (SSSR count). The maximum absolute atomic E-state index is 14.3. The Labute approximate surface area is 210 Å². The highest BCUT2D eigenvalue weighted by Gasteiger charge is 2.73. The number of likely N-dealkylation sites (tertiary alicyclic amines) is 1. The zero-order chi connectivity index (χ0) is 25.0. The fourth-order valence-electron chi connectivity index (χ4n) is 6.41. The fourth-order valence-corrected chi connectivity index (χ4v) is 8.57. The topological polar surface area (TPSA) is 87.2 Å². The minimum Gasteiger partial charge on any atom is -0.465 e. The van der Waals surface area contributed by atoms with Crippen molar-refractivity contribution in [3.8, 4) is 0 Å². The average Bonchev–Trinajstić information content (AvgIpc) is 3.15. The Morgan fingerprint density at radius 1 is 1.09 bits per heavy atom. The number of benzene rings is 1. The number of rotatable bonds is 3. The number of nitrogens with zero attached hydrogens (tertiary/aromatic N) is 2. The van der Waals surface area contributed by atoms with Crippen LogP contribution in [-0.4, -0.2) is 69.6 Å². The summed E-state index contributed by atoms with van der Waals surface area (Å²) in [6, 6.07) is 5.09. The number of thioether (sulfide) groups is 1. The van der Waals surface area contributed by atoms with Crippen molar-refractivity contribution in [2.75, 3.05) is 31.2 Å². The monoisotopic (exact) mass is 496 g/mol. The number of hydrogen-bond donors (Lipinski definition) is 1. The van der Waals surface area contributed by atoms with Gasteiger partial charge in [0, 0.05) is 23.5 Å². The first-order chi connectivity index (χ1) is 16.7. The first-order valence-corrected chi connectivity index (χ1v) is 13.1. The van der Waals surface area contributed by atoms with Crippen LogP contribution in [0.3, 0.4) is 0 Å². The van der Waals surface area contributed by atoms with E-state index in [4.69, 9.17) is 4.74 Å². The highest BCUT2D eigenvalue weighted by atomic mass is 32.2. The van der Waals surface area contributed by atoms with Gasteiger partial charge in [0.05, 0.1) is 29.8 Å². The third-order valence-corrected chi connectivity index (χ3v) is 9.60. The fraction of sp³-hybridized carbons (Fsp3) is 0.519. The van der Waals surface area contributed by atoms with Gasteiger partial charge in [-0.3, -0.25) is 14.4 Å². The van der Waals surface area contributed by atoms with E-state index in [9.17, 15) is 19.5 Å². The summed E-state index contributed by atoms with van der Waals surface area (Å²) in [6.45, 7) is 6.40. The molecule has 35 heavy (non-hydrogen) atoms. The molecule has 1 N–H and O–H groups in total. The predicted molar refractivity (Wildman–Crippen MR) is 135 cm³/mol. The minimum absolute atomic E-state index is 0.0385. The van der Waals surface area contributed by atoms with Gasteiger partial charge < -0.3 is 19.6 Å². The summed E-state index contributed by atoms with van der Waals surface area (Å²) in [5.41, 5.74) is 2.80. The molecule has 1 aromatic rings. The van der Waals surface area contributed by atoms with Crippen molar-refractivity contribution in [2.24, 2.45) is 11.8 Å². The molecule has 0 aliphatic carbocycles. The first-order valence-electron chi connectivity index (χ1n) is 12.3. The number of esters is 1. The number of β-amino-alcohol motifs (C(OH)–C–C–N with tert-alkyl or cyclic N) is 1. The van der Waals surface area contributed by atoms with E-state index >= 15 is 0 Å². The van der Waals surface area contributed by atoms with Crippen LogP contribution >= 0.6 is 11.8 Å². The maximum atomic E-state index is 14.3. The molecule has 0 saturated carbocycles. The molecule has 0 aromatic heterocycles. The number of carbonyl (C=O) groups excluding carboxylic acids is 3. The number of allylic oxidation sites excluding steroid dienone is 1. The van der Waals surface area contributed by atoms with Crippen LogP contribution in [0.2, 0.25) is 0 Å². The lowest BCUT2D eigenvalue weighted by Gasteiger charge is -2.37. The molecule has 1 unspecified atom stereocenters. The number of cyclic esters (lactones) is 1. The van der Waals surface area contributed by atoms with Crippen molar-refractivity contribution in [1.82, 2.24) is 4.90 Å². The largest absolute Gasteiger partial charge is 0.465 e. The van der Waals surface area contributed by atoms with Gasteiger partial charge in [-0.15, -0.1) is 11.8 Å². The van der Waals surface area contributed by atoms with Crippen LogP contribution in [0, 0.1) is 25.7 Å². The van der Waals surface area contributed by atoms with Crippen molar-refractivity contribution >= 4 is 35.2 Å². The van der Waals surface area contributed by atoms with Gasteiger partial charge >= 0.3 is 5.97 Å². The number of hydrogen-bond acceptors (Lipinski definition) is 6. The van der Waals surface area contributed by atoms with Crippen LogP contribution in [0.5, 0.6) is 0 Å². The summed E-state index contributed by atoms with van der Waals surface area (Å²) >= 11 is 1.52. The van der Waals surface area contributed by atoms with E-state index in [1.165, 1.54) is 16.7 Å². The summed E-state index contributed by atoms with van der Waals surface area (Å²) in [5.74, 6) is -2.30. The minimum atomic E-state index is -0.934. The first kappa shape index (κ1) is 24.1. The number of anilines is 1. The molecule has 7 nitrogen and oxygen atoms in total. The molecule has 2 amide bonds. The highest BCUT2D eigenvalue weighted by molar-refractivity contribution is 8.02. The Kier molecular flexibility index (Phi) is 6.08. The second kappa shape index (κ2) is 8.82. The summed E-state index contributed by atoms with van der Waals surface area (Å²) in [5, 5.41) is 9.83. The van der Waals surface area contributed by atoms with Crippen LogP contribution < -0.4 is 4.90 Å². The summed E-state index contributed by atoms with van der Waals surface area (Å²) in [6.07, 6.45) is 9.58. The second-order valence-electron chi connectivity index (χ2n) is 10.1. The normalized spacial score (nSPS) is 35.4. The van der Waals surface area contributed by atoms with Crippen LogP contribution in [0.25, 0.3) is 0 Å². The Bertz CT molecular complexity index is 1110. The van der Waals surface area contributed by atoms with Crippen molar-refractivity contribution in [1.29, 1.82) is 0 Å². The van der Waals surface area contributed by atoms with E-state index in [0.29, 0.717) is 13.2 Å². The van der Waals surface area contributed by atoms with Crippen LogP contribution in [0.4, 0.5) is 5.69 Å². The van der Waals surface area contributed by atoms with Crippen LogP contribution in [0.1, 0.15) is 30.9 Å². The molecule has 4 aliphatic rings. The lowest BCUT2D eigenvalue weighted by Crippen LogP contribution is -2.54. The van der Waals surface area contributed by atoms with E-state index in [1.54, 1.807) is 4.90 Å². The van der Waals surface area contributed by atoms with Crippen molar-refractivity contribution in [3.05, 3.63) is 53.6 Å². The van der Waals surface area contributed by atoms with Gasteiger partial charge in [-0.2, -0.15) is 0 Å². The van der Waals surface area contributed by atoms with E-state index in [0.717, 1.165) is 29.7 Å². The van der Waals surface area contributed by atoms with Gasteiger partial charge in [0.1, 0.15) is 6.04 Å². The molecular formula is C27H32N2O5S. The van der Waals surface area contributed by atoms with Gasteiger partial charge in [0.2, 0.25) is 5.91 Å². The van der Waals surface area contributed by atoms with Crippen molar-refractivity contribution in [3.63, 3.8) is 0 Å². The SMILES string of the molecule is Cc1cccc(C)c1N1CC=C[C@]23S[C@@]4(C)/C=C\CCCOC(=O)[C@H]4[C@H]2C(=O)N(CCO)C3C1=O. The standard InChI is InChI=1S/C27H32N2O5S/c1-17-9-7-10-18(2)21(17)28-13-8-12-27-19(23(31)29(14-15-30)22(27)24(28)32)20-25(33)34-16-6-4-5-11-26(20,3)35-27/h5,7-12,19-20,22,30H,4,6,13-16H2,1-3H3/b11-5-/t19-,20+,22?,26-,27-/m0/s1. The molecule has 2 saturated heterocycles. The highest BCUT2D eigenvalue weighted by Crippen LogP contribution is 2.65. The Hall–Kier alpha value is -2.58. The lowest BCUT2D eigenvalue weighted by atomic mass is 9.74. The molecule has 1 spiro atoms. The molecule has 2 fully saturated rings. The number of carbonyl (C=O) groups is 3. The summed E-state index contributed by atoms with van der Waals surface area (Å²) in [4.78, 5) is 44.9. The predicted octanol–water partition coefficient (Wildman–Crippen LogP) is 2.78. The molecule has 0 radical (unpaired) electrons. The molecule has 186 valence electrons. The van der Waals surface area contributed by atoms with Crippen molar-refractivity contribution in [2.45, 2.75) is 49.1 Å². The van der Waals surface area contributed by atoms with Gasteiger partial charge in [0.15, 0.2) is 0 Å². The van der Waals surface area contributed by atoms with Crippen molar-refractivity contribution < 1.29 is 24.2 Å². The van der Waals surface area contributed by atoms with E-state index < -0.39 is 27.4 Å². The smallest absolute Gasteiger partial charge is 0.311 e.